The molecule has 0 radical (unpaired) electrons. The second-order valence-corrected chi connectivity index (χ2v) is 3.01. The molecule has 0 N–H and O–H groups in total. The Morgan fingerprint density at radius 1 is 1.64 bits per heavy atom. The standard InChI is InChI=1S/C7H6F2OS/c1-4-2-3-11-6(4)5(10)7(8)9/h2-3,7H,1H3. The topological polar surface area (TPSA) is 17.1 Å². The highest BCUT2D eigenvalue weighted by Crippen LogP contribution is 2.18. The first-order chi connectivity index (χ1) is 5.13. The Bertz CT molecular complexity index is 267. The molecular formula is C7H6F2OS. The van der Waals surface area contributed by atoms with Crippen molar-refractivity contribution in [1.29, 1.82) is 0 Å². The van der Waals surface area contributed by atoms with Crippen LogP contribution in [0.1, 0.15) is 15.2 Å². The summed E-state index contributed by atoms with van der Waals surface area (Å²) in [5.74, 6) is -1.07. The number of hydrogen-bond donors (Lipinski definition) is 0. The van der Waals surface area contributed by atoms with Gasteiger partial charge in [-0.05, 0) is 23.9 Å². The van der Waals surface area contributed by atoms with Crippen LogP contribution in [0.3, 0.4) is 0 Å². The molecule has 0 aliphatic heterocycles. The largest absolute Gasteiger partial charge is 0.301 e. The van der Waals surface area contributed by atoms with Gasteiger partial charge in [-0.15, -0.1) is 11.3 Å². The van der Waals surface area contributed by atoms with E-state index >= 15 is 0 Å². The van der Waals surface area contributed by atoms with Gasteiger partial charge in [-0.3, -0.25) is 4.79 Å². The normalized spacial score (nSPS) is 10.5. The number of carbonyl (C=O) groups excluding carboxylic acids is 1. The Kier molecular flexibility index (Phi) is 2.34. The highest BCUT2D eigenvalue weighted by atomic mass is 32.1. The van der Waals surface area contributed by atoms with E-state index in [2.05, 4.69) is 0 Å². The van der Waals surface area contributed by atoms with Crippen molar-refractivity contribution < 1.29 is 13.6 Å². The lowest BCUT2D eigenvalue weighted by molar-refractivity contribution is 0.0682. The van der Waals surface area contributed by atoms with Crippen LogP contribution in [0.15, 0.2) is 11.4 Å². The lowest BCUT2D eigenvalue weighted by Crippen LogP contribution is -2.09. The van der Waals surface area contributed by atoms with E-state index in [0.717, 1.165) is 11.3 Å². The van der Waals surface area contributed by atoms with Crippen LogP contribution in [0, 0.1) is 6.92 Å². The molecule has 0 fully saturated rings. The lowest BCUT2D eigenvalue weighted by atomic mass is 10.2. The smallest absolute Gasteiger partial charge is 0.287 e. The number of ketones is 1. The minimum absolute atomic E-state index is 0.167. The lowest BCUT2D eigenvalue weighted by Gasteiger charge is -1.95. The van der Waals surface area contributed by atoms with Crippen LogP contribution in [0.5, 0.6) is 0 Å². The van der Waals surface area contributed by atoms with Crippen molar-refractivity contribution in [2.45, 2.75) is 13.3 Å². The van der Waals surface area contributed by atoms with E-state index in [1.54, 1.807) is 18.4 Å². The van der Waals surface area contributed by atoms with Gasteiger partial charge in [0, 0.05) is 0 Å². The average Bonchev–Trinajstić information content (AvgIpc) is 2.33. The summed E-state index contributed by atoms with van der Waals surface area (Å²) < 4.78 is 23.7. The van der Waals surface area contributed by atoms with E-state index < -0.39 is 12.2 Å². The molecule has 1 heterocycles. The van der Waals surface area contributed by atoms with Crippen molar-refractivity contribution in [2.24, 2.45) is 0 Å². The van der Waals surface area contributed by atoms with Gasteiger partial charge in [0.05, 0.1) is 4.88 Å². The van der Waals surface area contributed by atoms with Crippen molar-refractivity contribution in [3.63, 3.8) is 0 Å². The summed E-state index contributed by atoms with van der Waals surface area (Å²) in [6.07, 6.45) is -2.88. The number of thiophene rings is 1. The highest BCUT2D eigenvalue weighted by molar-refractivity contribution is 7.12. The molecule has 60 valence electrons. The van der Waals surface area contributed by atoms with Crippen molar-refractivity contribution in [3.8, 4) is 0 Å². The maximum absolute atomic E-state index is 11.8. The predicted molar refractivity (Wildman–Crippen MR) is 39.4 cm³/mol. The molecule has 1 aromatic heterocycles. The second kappa shape index (κ2) is 3.09. The molecule has 4 heteroatoms. The predicted octanol–water partition coefficient (Wildman–Crippen LogP) is 2.50. The summed E-state index contributed by atoms with van der Waals surface area (Å²) in [5, 5.41) is 1.63. The molecule has 0 aliphatic rings. The van der Waals surface area contributed by atoms with E-state index in [1.165, 1.54) is 0 Å². The van der Waals surface area contributed by atoms with Crippen molar-refractivity contribution in [2.75, 3.05) is 0 Å². The van der Waals surface area contributed by atoms with Crippen molar-refractivity contribution in [1.82, 2.24) is 0 Å². The zero-order chi connectivity index (χ0) is 8.43. The number of Topliss-reactive ketones (excluding diaryl/α,β-unsaturated/α-hetero) is 1. The van der Waals surface area contributed by atoms with E-state index in [9.17, 15) is 13.6 Å². The number of halogens is 2. The first-order valence-corrected chi connectivity index (χ1v) is 3.87. The number of carbonyl (C=O) groups is 1. The first-order valence-electron chi connectivity index (χ1n) is 2.99. The van der Waals surface area contributed by atoms with Gasteiger partial charge >= 0.3 is 6.43 Å². The number of alkyl halides is 2. The van der Waals surface area contributed by atoms with Gasteiger partial charge in [0.25, 0.3) is 0 Å². The van der Waals surface area contributed by atoms with Crippen LogP contribution in [-0.2, 0) is 0 Å². The van der Waals surface area contributed by atoms with E-state index in [1.807, 2.05) is 0 Å². The van der Waals surface area contributed by atoms with E-state index in [4.69, 9.17) is 0 Å². The fraction of sp³-hybridized carbons (Fsp3) is 0.286. The van der Waals surface area contributed by atoms with Gasteiger partial charge in [-0.25, -0.2) is 8.78 Å². The third kappa shape index (κ3) is 1.63. The molecule has 1 rings (SSSR count). The Balaban J connectivity index is 2.93. The molecule has 0 amide bonds. The Hall–Kier alpha value is -0.770. The maximum Gasteiger partial charge on any atom is 0.301 e. The maximum atomic E-state index is 11.8. The molecule has 0 aliphatic carbocycles. The summed E-state index contributed by atoms with van der Waals surface area (Å²) in [6.45, 7) is 1.64. The quantitative estimate of drug-likeness (QED) is 0.633. The Labute approximate surface area is 66.7 Å². The minimum Gasteiger partial charge on any atom is -0.287 e. The van der Waals surface area contributed by atoms with Crippen LogP contribution in [0.25, 0.3) is 0 Å². The number of aryl methyl sites for hydroxylation is 1. The summed E-state index contributed by atoms with van der Waals surface area (Å²) in [5.41, 5.74) is 0.625. The van der Waals surface area contributed by atoms with Gasteiger partial charge < -0.3 is 0 Å². The molecule has 0 atom stereocenters. The zero-order valence-corrected chi connectivity index (χ0v) is 6.62. The van der Waals surface area contributed by atoms with Gasteiger partial charge in [0.15, 0.2) is 0 Å². The van der Waals surface area contributed by atoms with Crippen molar-refractivity contribution >= 4 is 17.1 Å². The molecule has 1 aromatic rings. The molecule has 0 bridgehead atoms. The Morgan fingerprint density at radius 3 is 2.64 bits per heavy atom. The summed E-state index contributed by atoms with van der Waals surface area (Å²) in [4.78, 5) is 10.9. The zero-order valence-electron chi connectivity index (χ0n) is 5.80. The van der Waals surface area contributed by atoms with Crippen LogP contribution >= 0.6 is 11.3 Å². The molecule has 0 saturated carbocycles. The van der Waals surface area contributed by atoms with Crippen LogP contribution in [-0.4, -0.2) is 12.2 Å². The third-order valence-corrected chi connectivity index (χ3v) is 2.32. The van der Waals surface area contributed by atoms with E-state index in [0.29, 0.717) is 5.56 Å². The summed E-state index contributed by atoms with van der Waals surface area (Å²) >= 11 is 1.06. The summed E-state index contributed by atoms with van der Waals surface area (Å²) in [6, 6.07) is 1.65. The molecule has 11 heavy (non-hydrogen) atoms. The minimum atomic E-state index is -2.88. The second-order valence-electron chi connectivity index (χ2n) is 2.10. The first kappa shape index (κ1) is 8.33. The number of hydrogen-bond acceptors (Lipinski definition) is 2. The fourth-order valence-corrected chi connectivity index (χ4v) is 1.59. The number of rotatable bonds is 2. The van der Waals surface area contributed by atoms with Gasteiger partial charge in [0.1, 0.15) is 0 Å². The average molecular weight is 176 g/mol. The van der Waals surface area contributed by atoms with Gasteiger partial charge in [-0.2, -0.15) is 0 Å². The van der Waals surface area contributed by atoms with Crippen LogP contribution in [0.4, 0.5) is 8.78 Å². The molecule has 1 nitrogen and oxygen atoms in total. The SMILES string of the molecule is Cc1ccsc1C(=O)C(F)F. The summed E-state index contributed by atoms with van der Waals surface area (Å²) in [7, 11) is 0. The van der Waals surface area contributed by atoms with E-state index in [-0.39, 0.29) is 4.88 Å². The molecule has 0 spiro atoms. The van der Waals surface area contributed by atoms with Gasteiger partial charge in [0.2, 0.25) is 5.78 Å². The van der Waals surface area contributed by atoms with Gasteiger partial charge in [-0.1, -0.05) is 0 Å². The third-order valence-electron chi connectivity index (χ3n) is 1.28. The monoisotopic (exact) mass is 176 g/mol. The highest BCUT2D eigenvalue weighted by Gasteiger charge is 2.20. The van der Waals surface area contributed by atoms with Crippen LogP contribution < -0.4 is 0 Å². The molecule has 0 saturated heterocycles. The van der Waals surface area contributed by atoms with Crippen molar-refractivity contribution in [3.05, 3.63) is 21.9 Å². The molecule has 0 aromatic carbocycles. The fourth-order valence-electron chi connectivity index (χ4n) is 0.724. The Morgan fingerprint density at radius 2 is 2.27 bits per heavy atom. The van der Waals surface area contributed by atoms with Crippen LogP contribution in [0.2, 0.25) is 0 Å². The molecule has 0 unspecified atom stereocenters. The molecular weight excluding hydrogens is 170 g/mol.